The first-order chi connectivity index (χ1) is 11.9. The summed E-state index contributed by atoms with van der Waals surface area (Å²) in [7, 11) is -1.35. The Morgan fingerprint density at radius 3 is 2.88 bits per heavy atom. The van der Waals surface area contributed by atoms with E-state index in [1.807, 2.05) is 24.1 Å². The van der Waals surface area contributed by atoms with Crippen LogP contribution in [-0.2, 0) is 10.0 Å². The minimum atomic E-state index is -3.25. The van der Waals surface area contributed by atoms with Crippen molar-refractivity contribution in [3.63, 3.8) is 0 Å². The molecule has 2 aliphatic heterocycles. The highest BCUT2D eigenvalue weighted by Crippen LogP contribution is 2.36. The summed E-state index contributed by atoms with van der Waals surface area (Å²) in [5.74, 6) is 2.27. The molecule has 2 atom stereocenters. The van der Waals surface area contributed by atoms with Crippen molar-refractivity contribution >= 4 is 10.0 Å². The van der Waals surface area contributed by atoms with E-state index in [4.69, 9.17) is 14.0 Å². The van der Waals surface area contributed by atoms with Crippen LogP contribution in [-0.4, -0.2) is 56.1 Å². The van der Waals surface area contributed by atoms with Gasteiger partial charge in [-0.1, -0.05) is 5.16 Å². The molecule has 1 N–H and O–H groups in total. The summed E-state index contributed by atoms with van der Waals surface area (Å²) in [5, 5.41) is 4.04. The van der Waals surface area contributed by atoms with Gasteiger partial charge in [0.25, 0.3) is 0 Å². The van der Waals surface area contributed by atoms with Crippen molar-refractivity contribution in [2.75, 3.05) is 26.6 Å². The summed E-state index contributed by atoms with van der Waals surface area (Å²) in [4.78, 5) is 6.48. The number of nitrogens with zero attached hydrogens (tertiary/aromatic N) is 3. The van der Waals surface area contributed by atoms with Crippen molar-refractivity contribution in [1.82, 2.24) is 19.8 Å². The highest BCUT2D eigenvalue weighted by atomic mass is 32.2. The van der Waals surface area contributed by atoms with Crippen molar-refractivity contribution in [3.8, 4) is 22.9 Å². The third kappa shape index (κ3) is 3.32. The normalized spacial score (nSPS) is 23.3. The second-order valence-electron chi connectivity index (χ2n) is 6.30. The predicted molar refractivity (Wildman–Crippen MR) is 87.6 cm³/mol. The van der Waals surface area contributed by atoms with E-state index in [1.54, 1.807) is 6.07 Å². The molecule has 10 heteroatoms. The number of hydrogen-bond acceptors (Lipinski definition) is 8. The maximum Gasteiger partial charge on any atom is 0.244 e. The van der Waals surface area contributed by atoms with Gasteiger partial charge >= 0.3 is 0 Å². The molecule has 3 heterocycles. The molecule has 0 radical (unpaired) electrons. The first-order valence-electron chi connectivity index (χ1n) is 7.80. The zero-order valence-electron chi connectivity index (χ0n) is 13.8. The Labute approximate surface area is 145 Å². The summed E-state index contributed by atoms with van der Waals surface area (Å²) in [6.45, 7) is 0.789. The summed E-state index contributed by atoms with van der Waals surface area (Å²) < 4.78 is 41.5. The molecule has 0 amide bonds. The highest BCUT2D eigenvalue weighted by Gasteiger charge is 2.35. The van der Waals surface area contributed by atoms with Crippen LogP contribution >= 0.6 is 0 Å². The number of sulfonamides is 1. The van der Waals surface area contributed by atoms with Gasteiger partial charge < -0.3 is 14.0 Å². The van der Waals surface area contributed by atoms with E-state index in [0.29, 0.717) is 36.2 Å². The van der Waals surface area contributed by atoms with E-state index >= 15 is 0 Å². The number of aromatic nitrogens is 2. The van der Waals surface area contributed by atoms with Gasteiger partial charge in [-0.05, 0) is 31.7 Å². The van der Waals surface area contributed by atoms with Crippen LogP contribution in [0.2, 0.25) is 0 Å². The first kappa shape index (κ1) is 16.3. The first-order valence-corrected chi connectivity index (χ1v) is 9.69. The molecule has 2 aliphatic rings. The fourth-order valence-corrected chi connectivity index (χ4v) is 3.98. The molecule has 25 heavy (non-hydrogen) atoms. The van der Waals surface area contributed by atoms with Gasteiger partial charge in [0.05, 0.1) is 12.3 Å². The zero-order chi connectivity index (χ0) is 17.6. The maximum absolute atomic E-state index is 11.4. The number of rotatable bonds is 4. The predicted octanol–water partition coefficient (Wildman–Crippen LogP) is 0.760. The van der Waals surface area contributed by atoms with Crippen molar-refractivity contribution < 1.29 is 22.4 Å². The van der Waals surface area contributed by atoms with E-state index in [9.17, 15) is 8.42 Å². The zero-order valence-corrected chi connectivity index (χ0v) is 14.6. The van der Waals surface area contributed by atoms with Gasteiger partial charge in [0.2, 0.25) is 28.5 Å². The molecule has 1 aromatic carbocycles. The van der Waals surface area contributed by atoms with E-state index in [1.165, 1.54) is 0 Å². The lowest BCUT2D eigenvalue weighted by molar-refractivity contribution is 0.174. The molecule has 9 nitrogen and oxygen atoms in total. The van der Waals surface area contributed by atoms with Gasteiger partial charge in [-0.15, -0.1) is 0 Å². The number of fused-ring (bicyclic) bond motifs is 1. The van der Waals surface area contributed by atoms with Gasteiger partial charge in [-0.3, -0.25) is 4.90 Å². The minimum Gasteiger partial charge on any atom is -0.454 e. The molecule has 1 fully saturated rings. The number of likely N-dealkylation sites (tertiary alicyclic amines) is 1. The molecule has 2 aromatic rings. The second-order valence-corrected chi connectivity index (χ2v) is 8.08. The topological polar surface area (TPSA) is 107 Å². The number of benzene rings is 1. The summed E-state index contributed by atoms with van der Waals surface area (Å²) >= 11 is 0. The monoisotopic (exact) mass is 366 g/mol. The van der Waals surface area contributed by atoms with Crippen LogP contribution in [0.4, 0.5) is 0 Å². The molecular weight excluding hydrogens is 348 g/mol. The number of likely N-dealkylation sites (N-methyl/N-ethyl adjacent to an activating group) is 1. The van der Waals surface area contributed by atoms with Crippen molar-refractivity contribution in [2.24, 2.45) is 0 Å². The van der Waals surface area contributed by atoms with Crippen molar-refractivity contribution in [3.05, 3.63) is 24.1 Å². The van der Waals surface area contributed by atoms with Crippen LogP contribution in [0.15, 0.2) is 22.7 Å². The third-order valence-corrected chi connectivity index (χ3v) is 5.05. The van der Waals surface area contributed by atoms with Gasteiger partial charge in [0.1, 0.15) is 0 Å². The average molecular weight is 366 g/mol. The van der Waals surface area contributed by atoms with Crippen molar-refractivity contribution in [2.45, 2.75) is 18.5 Å². The quantitative estimate of drug-likeness (QED) is 0.845. The molecule has 1 saturated heterocycles. The maximum atomic E-state index is 11.4. The Hall–Kier alpha value is -2.17. The standard InChI is InChI=1S/C15H18N4O5S/c1-19-7-10(18-25(2,20)21)6-11(19)15-16-14(17-24-15)9-3-4-12-13(5-9)23-8-22-12/h3-5,10-11,18H,6-8H2,1-2H3/t10-,11-/m0/s1. The highest BCUT2D eigenvalue weighted by molar-refractivity contribution is 7.88. The molecule has 0 spiro atoms. The largest absolute Gasteiger partial charge is 0.454 e. The van der Waals surface area contributed by atoms with Gasteiger partial charge in [0.15, 0.2) is 11.5 Å². The molecule has 1 aromatic heterocycles. The van der Waals surface area contributed by atoms with Crippen LogP contribution in [0, 0.1) is 0 Å². The number of hydrogen-bond donors (Lipinski definition) is 1. The molecule has 134 valence electrons. The molecule has 0 unspecified atom stereocenters. The van der Waals surface area contributed by atoms with E-state index < -0.39 is 10.0 Å². The summed E-state index contributed by atoms with van der Waals surface area (Å²) in [6.07, 6.45) is 1.73. The van der Waals surface area contributed by atoms with E-state index in [0.717, 1.165) is 11.8 Å². The third-order valence-electron chi connectivity index (χ3n) is 4.29. The Balaban J connectivity index is 1.53. The average Bonchev–Trinajstić information content (AvgIpc) is 3.23. The van der Waals surface area contributed by atoms with Crippen LogP contribution in [0.5, 0.6) is 11.5 Å². The van der Waals surface area contributed by atoms with Crippen LogP contribution in [0.3, 0.4) is 0 Å². The molecule has 0 aliphatic carbocycles. The minimum absolute atomic E-state index is 0.130. The van der Waals surface area contributed by atoms with Gasteiger partial charge in [0, 0.05) is 18.2 Å². The molecule has 0 saturated carbocycles. The number of ether oxygens (including phenoxy) is 2. The Morgan fingerprint density at radius 2 is 2.08 bits per heavy atom. The Morgan fingerprint density at radius 1 is 1.28 bits per heavy atom. The summed E-state index contributed by atoms with van der Waals surface area (Å²) in [5.41, 5.74) is 0.769. The lowest BCUT2D eigenvalue weighted by atomic mass is 10.1. The smallest absolute Gasteiger partial charge is 0.244 e. The van der Waals surface area contributed by atoms with Crippen LogP contribution < -0.4 is 14.2 Å². The lowest BCUT2D eigenvalue weighted by Crippen LogP contribution is -2.35. The van der Waals surface area contributed by atoms with E-state index in [-0.39, 0.29) is 18.9 Å². The lowest BCUT2D eigenvalue weighted by Gasteiger charge is -2.14. The summed E-state index contributed by atoms with van der Waals surface area (Å²) in [6, 6.07) is 5.15. The Kier molecular flexibility index (Phi) is 3.89. The number of nitrogens with one attached hydrogen (secondary N) is 1. The Bertz CT molecular complexity index is 897. The molecular formula is C15H18N4O5S. The molecule has 0 bridgehead atoms. The van der Waals surface area contributed by atoms with Crippen LogP contribution in [0.25, 0.3) is 11.4 Å². The molecule has 4 rings (SSSR count). The fraction of sp³-hybridized carbons (Fsp3) is 0.467. The fourth-order valence-electron chi connectivity index (χ4n) is 3.20. The van der Waals surface area contributed by atoms with E-state index in [2.05, 4.69) is 14.9 Å². The van der Waals surface area contributed by atoms with Gasteiger partial charge in [-0.25, -0.2) is 13.1 Å². The SMILES string of the molecule is CN1C[C@@H](NS(C)(=O)=O)C[C@H]1c1nc(-c2ccc3c(c2)OCO3)no1. The van der Waals surface area contributed by atoms with Gasteiger partial charge in [-0.2, -0.15) is 4.98 Å². The van der Waals surface area contributed by atoms with Crippen LogP contribution in [0.1, 0.15) is 18.4 Å². The van der Waals surface area contributed by atoms with Crippen molar-refractivity contribution in [1.29, 1.82) is 0 Å². The second kappa shape index (κ2) is 5.97.